The van der Waals surface area contributed by atoms with E-state index in [4.69, 9.17) is 0 Å². The van der Waals surface area contributed by atoms with Gasteiger partial charge >= 0.3 is 0 Å². The van der Waals surface area contributed by atoms with Gasteiger partial charge < -0.3 is 5.11 Å². The molecular formula is C11H24O. The third-order valence-electron chi connectivity index (χ3n) is 3.06. The molecule has 0 aromatic rings. The first kappa shape index (κ1) is 12.0. The molecule has 0 aromatic heterocycles. The third kappa shape index (κ3) is 3.14. The molecule has 0 saturated carbocycles. The molecule has 1 N–H and O–H groups in total. The molecule has 2 unspecified atom stereocenters. The molecule has 0 spiro atoms. The molecule has 74 valence electrons. The monoisotopic (exact) mass is 172 g/mol. The van der Waals surface area contributed by atoms with Gasteiger partial charge in [0.1, 0.15) is 0 Å². The van der Waals surface area contributed by atoms with E-state index in [1.54, 1.807) is 0 Å². The van der Waals surface area contributed by atoms with E-state index in [-0.39, 0.29) is 5.41 Å². The Morgan fingerprint density at radius 2 is 1.58 bits per heavy atom. The molecule has 0 aliphatic rings. The van der Waals surface area contributed by atoms with Gasteiger partial charge in [-0.25, -0.2) is 0 Å². The van der Waals surface area contributed by atoms with E-state index in [1.807, 2.05) is 6.92 Å². The molecule has 12 heavy (non-hydrogen) atoms. The van der Waals surface area contributed by atoms with Crippen molar-refractivity contribution in [2.75, 3.05) is 0 Å². The van der Waals surface area contributed by atoms with Crippen molar-refractivity contribution in [3.05, 3.63) is 0 Å². The summed E-state index contributed by atoms with van der Waals surface area (Å²) in [6, 6.07) is 0. The van der Waals surface area contributed by atoms with E-state index in [0.29, 0.717) is 5.92 Å². The molecule has 2 atom stereocenters. The minimum Gasteiger partial charge on any atom is -0.390 e. The van der Waals surface area contributed by atoms with Gasteiger partial charge in [0.15, 0.2) is 0 Å². The molecule has 1 nitrogen and oxygen atoms in total. The quantitative estimate of drug-likeness (QED) is 0.693. The lowest BCUT2D eigenvalue weighted by atomic mass is 9.73. The summed E-state index contributed by atoms with van der Waals surface area (Å²) in [6.07, 6.45) is 2.04. The second-order valence-corrected chi connectivity index (χ2v) is 5.24. The van der Waals surface area contributed by atoms with Crippen LogP contribution < -0.4 is 0 Å². The smallest absolute Gasteiger partial charge is 0.0670 e. The second-order valence-electron chi connectivity index (χ2n) is 5.24. The van der Waals surface area contributed by atoms with Crippen LogP contribution in [-0.4, -0.2) is 10.7 Å². The third-order valence-corrected chi connectivity index (χ3v) is 3.06. The maximum absolute atomic E-state index is 10.2. The molecule has 0 rings (SSSR count). The Hall–Kier alpha value is -0.0400. The van der Waals surface area contributed by atoms with E-state index in [0.717, 1.165) is 12.8 Å². The first-order valence-electron chi connectivity index (χ1n) is 4.93. The zero-order chi connectivity index (χ0) is 9.99. The predicted molar refractivity (Wildman–Crippen MR) is 54.2 cm³/mol. The normalized spacial score (nSPS) is 20.2. The SMILES string of the molecule is CCC(C)CC(C)(O)C(C)(C)C. The molecule has 0 aromatic carbocycles. The van der Waals surface area contributed by atoms with E-state index in [2.05, 4.69) is 34.6 Å². The Morgan fingerprint density at radius 3 is 1.83 bits per heavy atom. The van der Waals surface area contributed by atoms with Gasteiger partial charge in [-0.3, -0.25) is 0 Å². The first-order chi connectivity index (χ1) is 5.20. The van der Waals surface area contributed by atoms with Gasteiger partial charge in [0.2, 0.25) is 0 Å². The lowest BCUT2D eigenvalue weighted by Crippen LogP contribution is -2.41. The van der Waals surface area contributed by atoms with Crippen LogP contribution in [0.1, 0.15) is 54.4 Å². The second kappa shape index (κ2) is 3.78. The van der Waals surface area contributed by atoms with Crippen LogP contribution in [0.3, 0.4) is 0 Å². The Kier molecular flexibility index (Phi) is 3.77. The van der Waals surface area contributed by atoms with Gasteiger partial charge in [-0.15, -0.1) is 0 Å². The zero-order valence-electron chi connectivity index (χ0n) is 9.44. The predicted octanol–water partition coefficient (Wildman–Crippen LogP) is 3.22. The first-order valence-corrected chi connectivity index (χ1v) is 4.93. The zero-order valence-corrected chi connectivity index (χ0v) is 9.44. The van der Waals surface area contributed by atoms with Crippen LogP contribution >= 0.6 is 0 Å². The van der Waals surface area contributed by atoms with E-state index < -0.39 is 5.60 Å². The summed E-state index contributed by atoms with van der Waals surface area (Å²) in [7, 11) is 0. The van der Waals surface area contributed by atoms with Gasteiger partial charge in [0.05, 0.1) is 5.60 Å². The van der Waals surface area contributed by atoms with Gasteiger partial charge in [0.25, 0.3) is 0 Å². The van der Waals surface area contributed by atoms with Gasteiger partial charge in [0, 0.05) is 0 Å². The van der Waals surface area contributed by atoms with Crippen LogP contribution in [-0.2, 0) is 0 Å². The lowest BCUT2D eigenvalue weighted by molar-refractivity contribution is -0.0584. The lowest BCUT2D eigenvalue weighted by Gasteiger charge is -2.38. The van der Waals surface area contributed by atoms with E-state index in [9.17, 15) is 5.11 Å². The van der Waals surface area contributed by atoms with Crippen molar-refractivity contribution in [2.45, 2.75) is 60.0 Å². The van der Waals surface area contributed by atoms with E-state index in [1.165, 1.54) is 0 Å². The highest BCUT2D eigenvalue weighted by atomic mass is 16.3. The average Bonchev–Trinajstić information content (AvgIpc) is 1.84. The Labute approximate surface area is 77.2 Å². The maximum atomic E-state index is 10.2. The molecule has 0 fully saturated rings. The number of rotatable bonds is 3. The van der Waals surface area contributed by atoms with Gasteiger partial charge in [-0.1, -0.05) is 41.0 Å². The van der Waals surface area contributed by atoms with Crippen molar-refractivity contribution in [1.82, 2.24) is 0 Å². The highest BCUT2D eigenvalue weighted by Gasteiger charge is 2.35. The van der Waals surface area contributed by atoms with Crippen molar-refractivity contribution in [2.24, 2.45) is 11.3 Å². The molecular weight excluding hydrogens is 148 g/mol. The van der Waals surface area contributed by atoms with Crippen molar-refractivity contribution in [1.29, 1.82) is 0 Å². The van der Waals surface area contributed by atoms with Crippen molar-refractivity contribution in [3.8, 4) is 0 Å². The number of aliphatic hydroxyl groups is 1. The Balaban J connectivity index is 4.22. The van der Waals surface area contributed by atoms with Gasteiger partial charge in [-0.2, -0.15) is 0 Å². The van der Waals surface area contributed by atoms with Gasteiger partial charge in [-0.05, 0) is 24.7 Å². The van der Waals surface area contributed by atoms with Crippen molar-refractivity contribution in [3.63, 3.8) is 0 Å². The minimum atomic E-state index is -0.539. The van der Waals surface area contributed by atoms with E-state index >= 15 is 0 Å². The summed E-state index contributed by atoms with van der Waals surface area (Å²) in [5, 5.41) is 10.2. The van der Waals surface area contributed by atoms with Crippen molar-refractivity contribution >= 4 is 0 Å². The summed E-state index contributed by atoms with van der Waals surface area (Å²) >= 11 is 0. The maximum Gasteiger partial charge on any atom is 0.0670 e. The molecule has 0 amide bonds. The van der Waals surface area contributed by atoms with Crippen LogP contribution in [0.15, 0.2) is 0 Å². The van der Waals surface area contributed by atoms with Crippen LogP contribution in [0.25, 0.3) is 0 Å². The Bertz CT molecular complexity index is 130. The molecule has 0 aliphatic carbocycles. The summed E-state index contributed by atoms with van der Waals surface area (Å²) in [5.74, 6) is 0.610. The molecule has 0 aliphatic heterocycles. The minimum absolute atomic E-state index is 0.0174. The fourth-order valence-corrected chi connectivity index (χ4v) is 1.13. The number of hydrogen-bond acceptors (Lipinski definition) is 1. The highest BCUT2D eigenvalue weighted by molar-refractivity contribution is 4.87. The summed E-state index contributed by atoms with van der Waals surface area (Å²) in [4.78, 5) is 0. The fraction of sp³-hybridized carbons (Fsp3) is 1.00. The molecule has 0 heterocycles. The van der Waals surface area contributed by atoms with Crippen molar-refractivity contribution < 1.29 is 5.11 Å². The standard InChI is InChI=1S/C11H24O/c1-7-9(2)8-11(6,12)10(3,4)5/h9,12H,7-8H2,1-6H3. The van der Waals surface area contributed by atoms with Crippen LogP contribution in [0, 0.1) is 11.3 Å². The number of hydrogen-bond donors (Lipinski definition) is 1. The highest BCUT2D eigenvalue weighted by Crippen LogP contribution is 2.35. The molecule has 0 radical (unpaired) electrons. The fourth-order valence-electron chi connectivity index (χ4n) is 1.13. The summed E-state index contributed by atoms with van der Waals surface area (Å²) in [6.45, 7) is 12.6. The topological polar surface area (TPSA) is 20.2 Å². The van der Waals surface area contributed by atoms with Crippen LogP contribution in [0.4, 0.5) is 0 Å². The Morgan fingerprint density at radius 1 is 1.17 bits per heavy atom. The molecule has 0 bridgehead atoms. The molecule has 0 saturated heterocycles. The average molecular weight is 172 g/mol. The molecule has 1 heteroatoms. The summed E-state index contributed by atoms with van der Waals surface area (Å²) < 4.78 is 0. The van der Waals surface area contributed by atoms with Crippen LogP contribution in [0.2, 0.25) is 0 Å². The largest absolute Gasteiger partial charge is 0.390 e. The van der Waals surface area contributed by atoms with Crippen LogP contribution in [0.5, 0.6) is 0 Å². The summed E-state index contributed by atoms with van der Waals surface area (Å²) in [5.41, 5.74) is -0.557.